The van der Waals surface area contributed by atoms with Gasteiger partial charge in [0.25, 0.3) is 5.91 Å². The summed E-state index contributed by atoms with van der Waals surface area (Å²) < 4.78 is 0. The molecule has 3 rings (SSSR count). The Morgan fingerprint density at radius 3 is 2.58 bits per heavy atom. The molecule has 0 radical (unpaired) electrons. The summed E-state index contributed by atoms with van der Waals surface area (Å²) in [5.41, 5.74) is 1.85. The number of benzene rings is 1. The molecule has 2 amide bonds. The number of nitrogens with one attached hydrogen (secondary N) is 1. The zero-order chi connectivity index (χ0) is 18.5. The molecule has 5 nitrogen and oxygen atoms in total. The first-order chi connectivity index (χ1) is 12.5. The summed E-state index contributed by atoms with van der Waals surface area (Å²) in [4.78, 5) is 30.8. The topological polar surface area (TPSA) is 62.3 Å². The number of hydrogen-bond donors (Lipinski definition) is 1. The van der Waals surface area contributed by atoms with E-state index in [-0.39, 0.29) is 17.7 Å². The van der Waals surface area contributed by atoms with Crippen molar-refractivity contribution in [3.63, 3.8) is 0 Å². The monoisotopic (exact) mass is 371 g/mol. The Kier molecular flexibility index (Phi) is 6.04. The van der Waals surface area contributed by atoms with E-state index in [0.717, 1.165) is 37.2 Å². The molecule has 1 aliphatic heterocycles. The number of nitrogens with zero attached hydrogens (tertiary/aromatic N) is 2. The lowest BCUT2D eigenvalue weighted by molar-refractivity contribution is -0.135. The van der Waals surface area contributed by atoms with Crippen LogP contribution in [-0.2, 0) is 4.79 Å². The van der Waals surface area contributed by atoms with Crippen molar-refractivity contribution in [3.8, 4) is 11.3 Å². The molecular formula is C20H25N3O2S. The van der Waals surface area contributed by atoms with Gasteiger partial charge in [-0.1, -0.05) is 44.2 Å². The Morgan fingerprint density at radius 1 is 1.23 bits per heavy atom. The molecule has 6 heteroatoms. The minimum atomic E-state index is -0.113. The van der Waals surface area contributed by atoms with Gasteiger partial charge in [-0.05, 0) is 18.8 Å². The summed E-state index contributed by atoms with van der Waals surface area (Å²) in [5.74, 6) is 0.584. The summed E-state index contributed by atoms with van der Waals surface area (Å²) in [6, 6.07) is 9.87. The van der Waals surface area contributed by atoms with Crippen LogP contribution >= 0.6 is 11.3 Å². The lowest BCUT2D eigenvalue weighted by Crippen LogP contribution is -2.43. The van der Waals surface area contributed by atoms with Gasteiger partial charge in [-0.15, -0.1) is 11.3 Å². The Balaban J connectivity index is 1.48. The van der Waals surface area contributed by atoms with Crippen molar-refractivity contribution in [2.75, 3.05) is 19.6 Å². The van der Waals surface area contributed by atoms with Crippen LogP contribution in [0, 0.1) is 11.8 Å². The summed E-state index contributed by atoms with van der Waals surface area (Å²) in [5, 5.41) is 5.42. The second-order valence-electron chi connectivity index (χ2n) is 7.04. The van der Waals surface area contributed by atoms with Crippen LogP contribution in [0.3, 0.4) is 0 Å². The lowest BCUT2D eigenvalue weighted by Gasteiger charge is -2.33. The van der Waals surface area contributed by atoms with Crippen LogP contribution in [0.5, 0.6) is 0 Å². The molecule has 2 aromatic rings. The van der Waals surface area contributed by atoms with Crippen LogP contribution in [0.4, 0.5) is 0 Å². The average Bonchev–Trinajstić information content (AvgIpc) is 3.17. The van der Waals surface area contributed by atoms with Crippen LogP contribution in [0.15, 0.2) is 35.7 Å². The minimum absolute atomic E-state index is 0.0509. The van der Waals surface area contributed by atoms with Crippen LogP contribution < -0.4 is 5.32 Å². The minimum Gasteiger partial charge on any atom is -0.350 e. The molecule has 0 atom stereocenters. The first-order valence-electron chi connectivity index (χ1n) is 9.12. The maximum Gasteiger partial charge on any atom is 0.280 e. The fourth-order valence-electron chi connectivity index (χ4n) is 3.15. The van der Waals surface area contributed by atoms with Gasteiger partial charge < -0.3 is 10.2 Å². The molecule has 0 unspecified atom stereocenters. The van der Waals surface area contributed by atoms with Gasteiger partial charge in [-0.3, -0.25) is 9.59 Å². The van der Waals surface area contributed by atoms with E-state index < -0.39 is 0 Å². The zero-order valence-electron chi connectivity index (χ0n) is 15.3. The van der Waals surface area contributed by atoms with E-state index in [2.05, 4.69) is 10.3 Å². The Bertz CT molecular complexity index is 749. The number of likely N-dealkylation sites (tertiary alicyclic amines) is 1. The number of carbonyl (C=O) groups is 2. The molecule has 1 aromatic carbocycles. The first-order valence-corrected chi connectivity index (χ1v) is 10.0. The quantitative estimate of drug-likeness (QED) is 0.876. The van der Waals surface area contributed by atoms with Gasteiger partial charge in [0, 0.05) is 36.5 Å². The maximum atomic E-state index is 12.4. The summed E-state index contributed by atoms with van der Waals surface area (Å²) >= 11 is 1.37. The predicted octanol–water partition coefficient (Wildman–Crippen LogP) is 3.43. The van der Waals surface area contributed by atoms with Gasteiger partial charge in [0.05, 0.1) is 5.69 Å². The van der Waals surface area contributed by atoms with Crippen molar-refractivity contribution in [2.24, 2.45) is 11.8 Å². The number of thiazole rings is 1. The molecule has 0 saturated carbocycles. The lowest BCUT2D eigenvalue weighted by atomic mass is 9.96. The van der Waals surface area contributed by atoms with Gasteiger partial charge in [-0.2, -0.15) is 0 Å². The first kappa shape index (κ1) is 18.6. The predicted molar refractivity (Wildman–Crippen MR) is 104 cm³/mol. The highest BCUT2D eigenvalue weighted by molar-refractivity contribution is 7.12. The number of piperidine rings is 1. The normalized spacial score (nSPS) is 15.3. The largest absolute Gasteiger partial charge is 0.350 e. The molecule has 1 aliphatic rings. The highest BCUT2D eigenvalue weighted by Gasteiger charge is 2.24. The third-order valence-electron chi connectivity index (χ3n) is 4.74. The number of carbonyl (C=O) groups excluding carboxylic acids is 2. The molecule has 1 N–H and O–H groups in total. The van der Waals surface area contributed by atoms with Crippen molar-refractivity contribution in [2.45, 2.75) is 26.7 Å². The number of aromatic nitrogens is 1. The van der Waals surface area contributed by atoms with Crippen LogP contribution in [-0.4, -0.2) is 41.3 Å². The van der Waals surface area contributed by atoms with Gasteiger partial charge >= 0.3 is 0 Å². The van der Waals surface area contributed by atoms with Crippen molar-refractivity contribution >= 4 is 23.2 Å². The summed E-state index contributed by atoms with van der Waals surface area (Å²) in [7, 11) is 0. The fourth-order valence-corrected chi connectivity index (χ4v) is 3.90. The van der Waals surface area contributed by atoms with Gasteiger partial charge in [0.2, 0.25) is 5.91 Å². The molecule has 0 spiro atoms. The third kappa shape index (κ3) is 4.49. The van der Waals surface area contributed by atoms with Crippen molar-refractivity contribution < 1.29 is 9.59 Å². The molecule has 2 heterocycles. The molecular weight excluding hydrogens is 346 g/mol. The molecule has 138 valence electrons. The van der Waals surface area contributed by atoms with E-state index >= 15 is 0 Å². The molecule has 1 saturated heterocycles. The van der Waals surface area contributed by atoms with Crippen molar-refractivity contribution in [1.82, 2.24) is 15.2 Å². The third-order valence-corrected chi connectivity index (χ3v) is 5.58. The van der Waals surface area contributed by atoms with E-state index in [1.807, 2.05) is 54.5 Å². The Hall–Kier alpha value is -2.21. The van der Waals surface area contributed by atoms with Gasteiger partial charge in [0.15, 0.2) is 5.01 Å². The number of amides is 2. The Morgan fingerprint density at radius 2 is 1.92 bits per heavy atom. The average molecular weight is 372 g/mol. The van der Waals surface area contributed by atoms with Crippen molar-refractivity contribution in [1.29, 1.82) is 0 Å². The smallest absolute Gasteiger partial charge is 0.280 e. The van der Waals surface area contributed by atoms with Gasteiger partial charge in [-0.25, -0.2) is 4.98 Å². The van der Waals surface area contributed by atoms with E-state index in [1.165, 1.54) is 11.3 Å². The fraction of sp³-hybridized carbons (Fsp3) is 0.450. The van der Waals surface area contributed by atoms with Crippen LogP contribution in [0.2, 0.25) is 0 Å². The van der Waals surface area contributed by atoms with Gasteiger partial charge in [0.1, 0.15) is 0 Å². The zero-order valence-corrected chi connectivity index (χ0v) is 16.1. The van der Waals surface area contributed by atoms with E-state index in [9.17, 15) is 9.59 Å². The summed E-state index contributed by atoms with van der Waals surface area (Å²) in [6.07, 6.45) is 1.87. The highest BCUT2D eigenvalue weighted by Crippen LogP contribution is 2.22. The summed E-state index contributed by atoms with van der Waals surface area (Å²) in [6.45, 7) is 6.08. The van der Waals surface area contributed by atoms with Crippen LogP contribution in [0.1, 0.15) is 36.5 Å². The van der Waals surface area contributed by atoms with E-state index in [1.54, 1.807) is 0 Å². The highest BCUT2D eigenvalue weighted by atomic mass is 32.1. The second kappa shape index (κ2) is 8.45. The molecule has 0 bridgehead atoms. The molecule has 1 aromatic heterocycles. The SMILES string of the molecule is CC(C)C(=O)N1CCC(CNC(=O)c2nc(-c3ccccc3)cs2)CC1. The van der Waals surface area contributed by atoms with Crippen molar-refractivity contribution in [3.05, 3.63) is 40.7 Å². The second-order valence-corrected chi connectivity index (χ2v) is 7.90. The number of hydrogen-bond acceptors (Lipinski definition) is 4. The maximum absolute atomic E-state index is 12.4. The number of rotatable bonds is 5. The van der Waals surface area contributed by atoms with Crippen LogP contribution in [0.25, 0.3) is 11.3 Å². The molecule has 1 fully saturated rings. The molecule has 26 heavy (non-hydrogen) atoms. The molecule has 0 aliphatic carbocycles. The standard InChI is InChI=1S/C20H25N3O2S/c1-14(2)20(25)23-10-8-15(9-11-23)12-21-18(24)19-22-17(13-26-19)16-6-4-3-5-7-16/h3-7,13-15H,8-12H2,1-2H3,(H,21,24). The van der Waals surface area contributed by atoms with E-state index in [4.69, 9.17) is 0 Å². The Labute approximate surface area is 158 Å². The van der Waals surface area contributed by atoms with E-state index in [0.29, 0.717) is 17.5 Å².